The number of hydrogen-bond acceptors (Lipinski definition) is 5. The summed E-state index contributed by atoms with van der Waals surface area (Å²) in [5, 5.41) is 14.3. The molecule has 1 aromatic carbocycles. The monoisotopic (exact) mass is 445 g/mol. The van der Waals surface area contributed by atoms with Crippen LogP contribution in [0.1, 0.15) is 56.5 Å². The predicted molar refractivity (Wildman–Crippen MR) is 129 cm³/mol. The van der Waals surface area contributed by atoms with E-state index in [0.717, 1.165) is 72.4 Å². The van der Waals surface area contributed by atoms with E-state index in [4.69, 9.17) is 0 Å². The minimum atomic E-state index is 0.0975. The van der Waals surface area contributed by atoms with Gasteiger partial charge < -0.3 is 0 Å². The standard InChI is InChI=1S/C25H31N7O/c1-4-6-10-22-18(3)31(16-7-5-2)25(33)32(22)17-19-11-13-20(14-12-19)23-21(9-8-15-26-23)24-27-29-30-28-24/h8-9,11-15H,4-7,10,16-17H2,1-3H3,(H,27,28,29,30). The summed E-state index contributed by atoms with van der Waals surface area (Å²) in [4.78, 5) is 17.8. The zero-order valence-electron chi connectivity index (χ0n) is 19.6. The van der Waals surface area contributed by atoms with Crippen molar-refractivity contribution in [2.75, 3.05) is 0 Å². The van der Waals surface area contributed by atoms with Crippen molar-refractivity contribution in [3.63, 3.8) is 0 Å². The van der Waals surface area contributed by atoms with E-state index in [0.29, 0.717) is 12.4 Å². The Hall–Kier alpha value is -3.55. The van der Waals surface area contributed by atoms with Crippen LogP contribution in [0.2, 0.25) is 0 Å². The molecule has 8 heteroatoms. The second kappa shape index (κ2) is 10.4. The van der Waals surface area contributed by atoms with Crippen molar-refractivity contribution >= 4 is 0 Å². The SMILES string of the molecule is CCCCc1c(C)n(CCCC)c(=O)n1Cc1ccc(-c2ncccc2-c2nn[nH]n2)cc1. The van der Waals surface area contributed by atoms with Crippen molar-refractivity contribution in [3.05, 3.63) is 70.0 Å². The molecule has 3 heterocycles. The summed E-state index contributed by atoms with van der Waals surface area (Å²) in [6.07, 6.45) is 6.96. The lowest BCUT2D eigenvalue weighted by Gasteiger charge is -2.10. The van der Waals surface area contributed by atoms with E-state index in [1.165, 1.54) is 0 Å². The highest BCUT2D eigenvalue weighted by atomic mass is 16.1. The number of H-pyrrole nitrogens is 1. The van der Waals surface area contributed by atoms with Crippen LogP contribution in [0.5, 0.6) is 0 Å². The number of aromatic nitrogens is 7. The fraction of sp³-hybridized carbons (Fsp3) is 0.400. The molecule has 172 valence electrons. The van der Waals surface area contributed by atoms with Gasteiger partial charge in [-0.2, -0.15) is 5.21 Å². The van der Waals surface area contributed by atoms with Gasteiger partial charge in [-0.3, -0.25) is 14.1 Å². The molecule has 0 saturated heterocycles. The van der Waals surface area contributed by atoms with Gasteiger partial charge in [0.2, 0.25) is 5.82 Å². The number of unbranched alkanes of at least 4 members (excludes halogenated alkanes) is 2. The molecule has 0 atom stereocenters. The van der Waals surface area contributed by atoms with E-state index in [-0.39, 0.29) is 5.69 Å². The van der Waals surface area contributed by atoms with Crippen LogP contribution >= 0.6 is 0 Å². The number of nitrogens with one attached hydrogen (secondary N) is 1. The molecular formula is C25H31N7O. The van der Waals surface area contributed by atoms with E-state index in [1.807, 2.05) is 33.4 Å². The van der Waals surface area contributed by atoms with Crippen LogP contribution in [0.3, 0.4) is 0 Å². The van der Waals surface area contributed by atoms with Gasteiger partial charge in [-0.05, 0) is 49.1 Å². The molecule has 0 bridgehead atoms. The van der Waals surface area contributed by atoms with Crippen LogP contribution in [0.4, 0.5) is 0 Å². The van der Waals surface area contributed by atoms with Gasteiger partial charge >= 0.3 is 5.69 Å². The average Bonchev–Trinajstić information content (AvgIpc) is 3.45. The highest BCUT2D eigenvalue weighted by Crippen LogP contribution is 2.27. The largest absolute Gasteiger partial charge is 0.328 e. The normalized spacial score (nSPS) is 11.2. The van der Waals surface area contributed by atoms with Crippen molar-refractivity contribution in [1.29, 1.82) is 0 Å². The third kappa shape index (κ3) is 4.79. The maximum absolute atomic E-state index is 13.2. The van der Waals surface area contributed by atoms with Gasteiger partial charge in [0.25, 0.3) is 0 Å². The quantitative estimate of drug-likeness (QED) is 0.391. The zero-order chi connectivity index (χ0) is 23.2. The van der Waals surface area contributed by atoms with Crippen LogP contribution < -0.4 is 5.69 Å². The Bertz CT molecular complexity index is 1240. The Morgan fingerprint density at radius 1 is 1.00 bits per heavy atom. The number of imidazole rings is 1. The van der Waals surface area contributed by atoms with Crippen molar-refractivity contribution in [1.82, 2.24) is 34.7 Å². The summed E-state index contributed by atoms with van der Waals surface area (Å²) in [6, 6.07) is 12.0. The van der Waals surface area contributed by atoms with Crippen molar-refractivity contribution in [2.45, 2.75) is 66.0 Å². The first-order valence-corrected chi connectivity index (χ1v) is 11.7. The Kier molecular flexibility index (Phi) is 7.12. The van der Waals surface area contributed by atoms with Crippen molar-refractivity contribution in [2.24, 2.45) is 0 Å². The Labute approximate surface area is 193 Å². The number of tetrazole rings is 1. The zero-order valence-corrected chi connectivity index (χ0v) is 19.6. The fourth-order valence-corrected chi connectivity index (χ4v) is 4.20. The molecule has 0 aliphatic rings. The van der Waals surface area contributed by atoms with Gasteiger partial charge in [-0.15, -0.1) is 10.2 Å². The average molecular weight is 446 g/mol. The predicted octanol–water partition coefficient (Wildman–Crippen LogP) is 4.39. The number of hydrogen-bond donors (Lipinski definition) is 1. The first kappa shape index (κ1) is 22.6. The molecular weight excluding hydrogens is 414 g/mol. The summed E-state index contributed by atoms with van der Waals surface area (Å²) in [6.45, 7) is 7.78. The van der Waals surface area contributed by atoms with Crippen LogP contribution in [-0.4, -0.2) is 34.7 Å². The third-order valence-corrected chi connectivity index (χ3v) is 6.07. The second-order valence-corrected chi connectivity index (χ2v) is 8.34. The summed E-state index contributed by atoms with van der Waals surface area (Å²) in [5.74, 6) is 0.512. The first-order valence-electron chi connectivity index (χ1n) is 11.7. The number of aromatic amines is 1. The minimum absolute atomic E-state index is 0.0975. The second-order valence-electron chi connectivity index (χ2n) is 8.34. The topological polar surface area (TPSA) is 94.3 Å². The molecule has 1 N–H and O–H groups in total. The summed E-state index contributed by atoms with van der Waals surface area (Å²) in [7, 11) is 0. The maximum Gasteiger partial charge on any atom is 0.328 e. The highest BCUT2D eigenvalue weighted by molar-refractivity contribution is 5.76. The Balaban J connectivity index is 1.64. The van der Waals surface area contributed by atoms with E-state index >= 15 is 0 Å². The van der Waals surface area contributed by atoms with E-state index in [1.54, 1.807) is 6.20 Å². The van der Waals surface area contributed by atoms with Gasteiger partial charge in [0, 0.05) is 35.3 Å². The third-order valence-electron chi connectivity index (χ3n) is 6.07. The maximum atomic E-state index is 13.2. The molecule has 8 nitrogen and oxygen atoms in total. The van der Waals surface area contributed by atoms with E-state index < -0.39 is 0 Å². The van der Waals surface area contributed by atoms with Crippen molar-refractivity contribution in [3.8, 4) is 22.6 Å². The molecule has 0 amide bonds. The molecule has 4 rings (SSSR count). The van der Waals surface area contributed by atoms with Gasteiger partial charge in [-0.25, -0.2) is 4.79 Å². The van der Waals surface area contributed by atoms with Gasteiger partial charge in [0.05, 0.1) is 12.2 Å². The first-order chi connectivity index (χ1) is 16.1. The van der Waals surface area contributed by atoms with Crippen LogP contribution in [0.25, 0.3) is 22.6 Å². The van der Waals surface area contributed by atoms with Gasteiger partial charge in [0.15, 0.2) is 0 Å². The summed E-state index contributed by atoms with van der Waals surface area (Å²) < 4.78 is 3.91. The lowest BCUT2D eigenvalue weighted by atomic mass is 10.0. The number of rotatable bonds is 10. The number of pyridine rings is 1. The van der Waals surface area contributed by atoms with E-state index in [9.17, 15) is 4.79 Å². The molecule has 0 unspecified atom stereocenters. The van der Waals surface area contributed by atoms with Gasteiger partial charge in [0.1, 0.15) is 0 Å². The fourth-order valence-electron chi connectivity index (χ4n) is 4.20. The summed E-state index contributed by atoms with van der Waals surface area (Å²) in [5.41, 5.74) is 6.04. The van der Waals surface area contributed by atoms with Gasteiger partial charge in [-0.1, -0.05) is 51.0 Å². The minimum Gasteiger partial charge on any atom is -0.296 e. The number of benzene rings is 1. The Morgan fingerprint density at radius 2 is 1.79 bits per heavy atom. The molecule has 3 aromatic heterocycles. The molecule has 0 fully saturated rings. The molecule has 0 radical (unpaired) electrons. The Morgan fingerprint density at radius 3 is 2.48 bits per heavy atom. The molecule has 0 saturated carbocycles. The van der Waals surface area contributed by atoms with Crippen LogP contribution in [0, 0.1) is 6.92 Å². The molecule has 33 heavy (non-hydrogen) atoms. The van der Waals surface area contributed by atoms with Crippen LogP contribution in [0.15, 0.2) is 47.4 Å². The van der Waals surface area contributed by atoms with Crippen molar-refractivity contribution < 1.29 is 0 Å². The number of nitrogens with zero attached hydrogens (tertiary/aromatic N) is 6. The molecule has 4 aromatic rings. The lowest BCUT2D eigenvalue weighted by molar-refractivity contribution is 0.584. The summed E-state index contributed by atoms with van der Waals surface area (Å²) >= 11 is 0. The molecule has 0 aliphatic carbocycles. The smallest absolute Gasteiger partial charge is 0.296 e. The molecule has 0 spiro atoms. The molecule has 0 aliphatic heterocycles. The van der Waals surface area contributed by atoms with E-state index in [2.05, 4.69) is 58.5 Å². The highest BCUT2D eigenvalue weighted by Gasteiger charge is 2.17. The van der Waals surface area contributed by atoms with Crippen LogP contribution in [-0.2, 0) is 19.5 Å². The lowest BCUT2D eigenvalue weighted by Crippen LogP contribution is -2.26.